The van der Waals surface area contributed by atoms with E-state index in [1.807, 2.05) is 6.92 Å². The van der Waals surface area contributed by atoms with Gasteiger partial charge in [-0.3, -0.25) is 9.79 Å². The smallest absolute Gasteiger partial charge is 0.336 e. The molecule has 0 aliphatic carbocycles. The van der Waals surface area contributed by atoms with Gasteiger partial charge in [-0.2, -0.15) is 26.3 Å². The number of carbonyl (C=O) groups excluding carboxylic acids is 1. The average molecular weight is 569 g/mol. The van der Waals surface area contributed by atoms with E-state index in [4.69, 9.17) is 23.2 Å². The third kappa shape index (κ3) is 7.99. The Morgan fingerprint density at radius 2 is 1.62 bits per heavy atom. The Kier molecular flexibility index (Phi) is 9.36. The van der Waals surface area contributed by atoms with Crippen LogP contribution in [0.5, 0.6) is 0 Å². The zero-order valence-electron chi connectivity index (χ0n) is 19.6. The summed E-state index contributed by atoms with van der Waals surface area (Å²) in [6, 6.07) is 5.13. The van der Waals surface area contributed by atoms with Crippen LogP contribution in [-0.2, 0) is 30.1 Å². The summed E-state index contributed by atoms with van der Waals surface area (Å²) in [6.45, 7) is 2.15. The SMILES string of the molecule is CCCNNC1=NC(Cc2ccc(Cl)c(Cl)c2)C(=O)N(Cc2cc(C(F)(F)F)cc(C(F)(F)F)c2)CC1. The predicted octanol–water partition coefficient (Wildman–Crippen LogP) is 6.28. The van der Waals surface area contributed by atoms with E-state index in [2.05, 4.69) is 15.8 Å². The van der Waals surface area contributed by atoms with Crippen molar-refractivity contribution in [1.29, 1.82) is 0 Å². The molecule has 3 rings (SSSR count). The largest absolute Gasteiger partial charge is 0.416 e. The van der Waals surface area contributed by atoms with Crippen LogP contribution in [0.4, 0.5) is 26.3 Å². The molecule has 37 heavy (non-hydrogen) atoms. The second-order valence-corrected chi connectivity index (χ2v) is 9.33. The minimum Gasteiger partial charge on any atom is -0.336 e. The van der Waals surface area contributed by atoms with Crippen molar-refractivity contribution < 1.29 is 31.1 Å². The highest BCUT2D eigenvalue weighted by atomic mass is 35.5. The molecule has 2 N–H and O–H groups in total. The summed E-state index contributed by atoms with van der Waals surface area (Å²) < 4.78 is 79.9. The van der Waals surface area contributed by atoms with Crippen molar-refractivity contribution in [3.63, 3.8) is 0 Å². The fourth-order valence-corrected chi connectivity index (χ4v) is 4.09. The van der Waals surface area contributed by atoms with Crippen molar-refractivity contribution in [2.75, 3.05) is 13.1 Å². The Hall–Kier alpha value is -2.50. The van der Waals surface area contributed by atoms with Gasteiger partial charge in [-0.1, -0.05) is 36.2 Å². The third-order valence-corrected chi connectivity index (χ3v) is 6.31. The number of amides is 1. The Morgan fingerprint density at radius 3 is 2.19 bits per heavy atom. The lowest BCUT2D eigenvalue weighted by Gasteiger charge is -2.24. The molecule has 202 valence electrons. The fourth-order valence-electron chi connectivity index (χ4n) is 3.76. The van der Waals surface area contributed by atoms with Crippen molar-refractivity contribution in [3.8, 4) is 0 Å². The first kappa shape index (κ1) is 29.1. The van der Waals surface area contributed by atoms with Crippen LogP contribution in [0.15, 0.2) is 41.4 Å². The number of nitrogens with zero attached hydrogens (tertiary/aromatic N) is 2. The van der Waals surface area contributed by atoms with Crippen molar-refractivity contribution in [2.45, 2.75) is 51.1 Å². The van der Waals surface area contributed by atoms with Crippen molar-refractivity contribution in [1.82, 2.24) is 15.8 Å². The molecule has 1 amide bonds. The Bertz CT molecular complexity index is 1120. The number of carbonyl (C=O) groups is 1. The van der Waals surface area contributed by atoms with Crippen LogP contribution >= 0.6 is 23.2 Å². The first-order chi connectivity index (χ1) is 17.3. The topological polar surface area (TPSA) is 56.7 Å². The molecule has 1 unspecified atom stereocenters. The van der Waals surface area contributed by atoms with Crippen molar-refractivity contribution in [3.05, 3.63) is 68.7 Å². The van der Waals surface area contributed by atoms with Gasteiger partial charge in [-0.05, 0) is 47.9 Å². The van der Waals surface area contributed by atoms with Crippen LogP contribution in [0, 0.1) is 0 Å². The van der Waals surface area contributed by atoms with Crippen LogP contribution in [0.2, 0.25) is 10.0 Å². The van der Waals surface area contributed by atoms with Gasteiger partial charge in [0.15, 0.2) is 0 Å². The molecule has 0 saturated heterocycles. The number of halogens is 8. The van der Waals surface area contributed by atoms with E-state index in [-0.39, 0.29) is 36.0 Å². The number of aliphatic imine (C=N–C) groups is 1. The molecule has 2 aromatic rings. The maximum Gasteiger partial charge on any atom is 0.416 e. The second-order valence-electron chi connectivity index (χ2n) is 8.52. The number of hydrazine groups is 1. The van der Waals surface area contributed by atoms with E-state index in [0.29, 0.717) is 35.1 Å². The van der Waals surface area contributed by atoms with Crippen LogP contribution < -0.4 is 10.9 Å². The molecule has 0 spiro atoms. The molecule has 0 bridgehead atoms. The second kappa shape index (κ2) is 11.9. The van der Waals surface area contributed by atoms with Gasteiger partial charge < -0.3 is 10.3 Å². The summed E-state index contributed by atoms with van der Waals surface area (Å²) in [6.07, 6.45) is -8.84. The summed E-state index contributed by atoms with van der Waals surface area (Å²) in [5.74, 6) is -0.0984. The summed E-state index contributed by atoms with van der Waals surface area (Å²) in [5.41, 5.74) is 3.38. The van der Waals surface area contributed by atoms with E-state index < -0.39 is 42.0 Å². The normalized spacial score (nSPS) is 17.0. The van der Waals surface area contributed by atoms with Gasteiger partial charge in [0.05, 0.1) is 21.2 Å². The number of alkyl halides is 6. The van der Waals surface area contributed by atoms with E-state index in [1.54, 1.807) is 18.2 Å². The predicted molar refractivity (Wildman–Crippen MR) is 129 cm³/mol. The number of nitrogens with one attached hydrogen (secondary N) is 2. The Balaban J connectivity index is 1.92. The van der Waals surface area contributed by atoms with Crippen molar-refractivity contribution >= 4 is 34.9 Å². The number of hydrogen-bond acceptors (Lipinski definition) is 4. The average Bonchev–Trinajstić information content (AvgIpc) is 2.94. The monoisotopic (exact) mass is 568 g/mol. The molecule has 1 atom stereocenters. The van der Waals surface area contributed by atoms with Gasteiger partial charge in [0, 0.05) is 32.5 Å². The molecule has 0 aromatic heterocycles. The molecule has 2 aromatic carbocycles. The molecule has 1 aliphatic heterocycles. The zero-order chi connectivity index (χ0) is 27.4. The quantitative estimate of drug-likeness (QED) is 0.235. The Morgan fingerprint density at radius 1 is 0.973 bits per heavy atom. The van der Waals surface area contributed by atoms with Crippen LogP contribution in [-0.4, -0.2) is 35.8 Å². The lowest BCUT2D eigenvalue weighted by molar-refractivity contribution is -0.143. The van der Waals surface area contributed by atoms with E-state index in [9.17, 15) is 31.1 Å². The van der Waals surface area contributed by atoms with Gasteiger partial charge in [0.25, 0.3) is 0 Å². The highest BCUT2D eigenvalue weighted by Crippen LogP contribution is 2.36. The van der Waals surface area contributed by atoms with Gasteiger partial charge in [-0.15, -0.1) is 0 Å². The molecule has 0 saturated carbocycles. The highest BCUT2D eigenvalue weighted by Gasteiger charge is 2.37. The number of rotatable bonds is 7. The fraction of sp³-hybridized carbons (Fsp3) is 0.417. The minimum atomic E-state index is -4.99. The van der Waals surface area contributed by atoms with E-state index in [1.165, 1.54) is 4.90 Å². The van der Waals surface area contributed by atoms with E-state index in [0.717, 1.165) is 6.42 Å². The summed E-state index contributed by atoms with van der Waals surface area (Å²) in [4.78, 5) is 19.1. The summed E-state index contributed by atoms with van der Waals surface area (Å²) >= 11 is 12.0. The number of hydrogen-bond donors (Lipinski definition) is 2. The van der Waals surface area contributed by atoms with Gasteiger partial charge in [0.2, 0.25) is 5.91 Å². The van der Waals surface area contributed by atoms with Gasteiger partial charge >= 0.3 is 12.4 Å². The molecule has 13 heteroatoms. The molecule has 5 nitrogen and oxygen atoms in total. The lowest BCUT2D eigenvalue weighted by atomic mass is 10.0. The maximum atomic E-state index is 13.4. The van der Waals surface area contributed by atoms with Gasteiger partial charge in [0.1, 0.15) is 11.9 Å². The summed E-state index contributed by atoms with van der Waals surface area (Å²) in [7, 11) is 0. The third-order valence-electron chi connectivity index (χ3n) is 5.57. The standard InChI is InChI=1S/C24H24Cl2F6N4O/c1-2-6-33-35-21-5-7-36(22(37)20(34-21)11-14-3-4-18(25)19(26)10-14)13-15-8-16(23(27,28)29)12-17(9-15)24(30,31)32/h3-4,8-10,12,20,33H,2,5-7,11,13H2,1H3,(H,34,35). The minimum absolute atomic E-state index is 0.0357. The molecular weight excluding hydrogens is 545 g/mol. The molecule has 1 heterocycles. The van der Waals surface area contributed by atoms with Crippen LogP contribution in [0.1, 0.15) is 42.0 Å². The first-order valence-corrected chi connectivity index (χ1v) is 12.1. The van der Waals surface area contributed by atoms with Crippen LogP contribution in [0.25, 0.3) is 0 Å². The number of amidine groups is 1. The molecular formula is C24H24Cl2F6N4O. The number of benzene rings is 2. The Labute approximate surface area is 219 Å². The first-order valence-electron chi connectivity index (χ1n) is 11.3. The molecule has 0 radical (unpaired) electrons. The van der Waals surface area contributed by atoms with E-state index >= 15 is 0 Å². The van der Waals surface area contributed by atoms with Gasteiger partial charge in [-0.25, -0.2) is 5.43 Å². The maximum absolute atomic E-state index is 13.4. The lowest BCUT2D eigenvalue weighted by Crippen LogP contribution is -2.39. The highest BCUT2D eigenvalue weighted by molar-refractivity contribution is 6.42. The van der Waals surface area contributed by atoms with Crippen LogP contribution in [0.3, 0.4) is 0 Å². The molecule has 1 aliphatic rings. The molecule has 0 fully saturated rings. The van der Waals surface area contributed by atoms with Crippen molar-refractivity contribution in [2.24, 2.45) is 4.99 Å². The zero-order valence-corrected chi connectivity index (χ0v) is 21.1. The summed E-state index contributed by atoms with van der Waals surface area (Å²) in [5, 5.41) is 0.589.